The Bertz CT molecular complexity index is 886. The van der Waals surface area contributed by atoms with Gasteiger partial charge in [-0.2, -0.15) is 0 Å². The zero-order valence-electron chi connectivity index (χ0n) is 18.1. The second kappa shape index (κ2) is 11.5. The quantitative estimate of drug-likeness (QED) is 0.500. The van der Waals surface area contributed by atoms with E-state index in [1.165, 1.54) is 18.3 Å². The van der Waals surface area contributed by atoms with Gasteiger partial charge >= 0.3 is 17.9 Å². The van der Waals surface area contributed by atoms with E-state index in [9.17, 15) is 19.2 Å². The molecule has 0 saturated heterocycles. The lowest BCUT2D eigenvalue weighted by molar-refractivity contribution is -0.154. The summed E-state index contributed by atoms with van der Waals surface area (Å²) in [5.41, 5.74) is 1.55. The largest absolute Gasteiger partial charge is 0.459 e. The lowest BCUT2D eigenvalue weighted by Crippen LogP contribution is -2.26. The second-order valence-electron chi connectivity index (χ2n) is 7.37. The maximum absolute atomic E-state index is 12.4. The maximum atomic E-state index is 12.4. The van der Waals surface area contributed by atoms with Crippen molar-refractivity contribution in [3.8, 4) is 0 Å². The van der Waals surface area contributed by atoms with Crippen LogP contribution in [0, 0.1) is 6.92 Å². The molecule has 0 saturated carbocycles. The third-order valence-corrected chi connectivity index (χ3v) is 5.30. The Morgan fingerprint density at radius 1 is 1.10 bits per heavy atom. The van der Waals surface area contributed by atoms with Crippen LogP contribution in [0.25, 0.3) is 6.08 Å². The third kappa shape index (κ3) is 8.45. The van der Waals surface area contributed by atoms with Crippen molar-refractivity contribution in [3.63, 3.8) is 0 Å². The number of ether oxygens (including phenoxy) is 3. The molecular formula is C22H27NO7S. The summed E-state index contributed by atoms with van der Waals surface area (Å²) >= 11 is 1.52. The highest BCUT2D eigenvalue weighted by Crippen LogP contribution is 2.20. The molecule has 1 aromatic heterocycles. The molecule has 31 heavy (non-hydrogen) atoms. The molecule has 0 N–H and O–H groups in total. The summed E-state index contributed by atoms with van der Waals surface area (Å²) in [7, 11) is 0. The predicted molar refractivity (Wildman–Crippen MR) is 114 cm³/mol. The molecule has 9 heteroatoms. The maximum Gasteiger partial charge on any atom is 0.331 e. The number of ketones is 1. The van der Waals surface area contributed by atoms with Gasteiger partial charge < -0.3 is 14.2 Å². The number of hydrogen-bond acceptors (Lipinski definition) is 9. The zero-order valence-corrected chi connectivity index (χ0v) is 18.9. The summed E-state index contributed by atoms with van der Waals surface area (Å²) in [5.74, 6) is -2.37. The van der Waals surface area contributed by atoms with Gasteiger partial charge in [0, 0.05) is 17.9 Å². The Morgan fingerprint density at radius 2 is 1.84 bits per heavy atom. The van der Waals surface area contributed by atoms with Crippen LogP contribution in [0.4, 0.5) is 0 Å². The van der Waals surface area contributed by atoms with Crippen LogP contribution in [-0.4, -0.2) is 47.0 Å². The van der Waals surface area contributed by atoms with Crippen molar-refractivity contribution in [1.29, 1.82) is 0 Å². The van der Waals surface area contributed by atoms with E-state index < -0.39 is 42.0 Å². The van der Waals surface area contributed by atoms with Gasteiger partial charge in [-0.05, 0) is 58.3 Å². The number of aryl methyl sites for hydroxylation is 1. The highest BCUT2D eigenvalue weighted by atomic mass is 32.1. The van der Waals surface area contributed by atoms with E-state index in [-0.39, 0.29) is 12.8 Å². The van der Waals surface area contributed by atoms with Crippen LogP contribution >= 0.6 is 11.3 Å². The van der Waals surface area contributed by atoms with E-state index in [0.29, 0.717) is 12.8 Å². The molecule has 1 unspecified atom stereocenters. The van der Waals surface area contributed by atoms with Crippen LogP contribution < -0.4 is 0 Å². The normalized spacial score (nSPS) is 26.1. The monoisotopic (exact) mass is 449 g/mol. The molecule has 3 atom stereocenters. The molecule has 1 aromatic rings. The molecular weight excluding hydrogens is 422 g/mol. The minimum Gasteiger partial charge on any atom is -0.459 e. The summed E-state index contributed by atoms with van der Waals surface area (Å²) in [4.78, 5) is 52.7. The molecule has 0 bridgehead atoms. The summed E-state index contributed by atoms with van der Waals surface area (Å²) in [6.07, 6.45) is 2.21. The molecule has 8 nitrogen and oxygen atoms in total. The van der Waals surface area contributed by atoms with E-state index in [1.807, 2.05) is 25.3 Å². The van der Waals surface area contributed by atoms with E-state index >= 15 is 0 Å². The molecule has 1 aliphatic heterocycles. The first-order chi connectivity index (χ1) is 14.6. The molecule has 0 aliphatic carbocycles. The van der Waals surface area contributed by atoms with Crippen molar-refractivity contribution in [3.05, 3.63) is 33.8 Å². The van der Waals surface area contributed by atoms with Gasteiger partial charge in [-0.3, -0.25) is 14.4 Å². The van der Waals surface area contributed by atoms with E-state index in [0.717, 1.165) is 28.4 Å². The Labute approximate surface area is 185 Å². The Hall–Kier alpha value is -2.81. The van der Waals surface area contributed by atoms with E-state index in [2.05, 4.69) is 4.98 Å². The fourth-order valence-electron chi connectivity index (χ4n) is 2.90. The summed E-state index contributed by atoms with van der Waals surface area (Å²) in [6, 6.07) is 0. The zero-order chi connectivity index (χ0) is 23.0. The van der Waals surface area contributed by atoms with E-state index in [1.54, 1.807) is 6.92 Å². The molecule has 0 spiro atoms. The van der Waals surface area contributed by atoms with Gasteiger partial charge in [0.05, 0.1) is 17.1 Å². The minimum absolute atomic E-state index is 0.0664. The topological polar surface area (TPSA) is 109 Å². The number of nitrogens with zero attached hydrogens (tertiary/aromatic N) is 1. The number of esters is 3. The summed E-state index contributed by atoms with van der Waals surface area (Å²) in [5, 5.41) is 2.83. The molecule has 2 rings (SSSR count). The Balaban J connectivity index is 2.18. The summed E-state index contributed by atoms with van der Waals surface area (Å²) < 4.78 is 15.8. The molecule has 0 aromatic carbocycles. The molecule has 0 radical (unpaired) electrons. The van der Waals surface area contributed by atoms with Crippen LogP contribution in [0.1, 0.15) is 57.2 Å². The molecule has 0 amide bonds. The first-order valence-electron chi connectivity index (χ1n) is 10.1. The number of thiazole rings is 1. The number of carbonyl (C=O) groups excluding carboxylic acids is 4. The summed E-state index contributed by atoms with van der Waals surface area (Å²) in [6.45, 7) is 6.74. The van der Waals surface area contributed by atoms with Crippen molar-refractivity contribution in [2.75, 3.05) is 0 Å². The molecule has 168 valence electrons. The van der Waals surface area contributed by atoms with E-state index in [4.69, 9.17) is 14.2 Å². The van der Waals surface area contributed by atoms with Crippen molar-refractivity contribution in [1.82, 2.24) is 4.98 Å². The number of aromatic nitrogens is 1. The van der Waals surface area contributed by atoms with Gasteiger partial charge in [0.25, 0.3) is 0 Å². The Morgan fingerprint density at radius 3 is 2.52 bits per heavy atom. The smallest absolute Gasteiger partial charge is 0.331 e. The SMILES string of the molecule is C/C(=C\c1csc(C)n1)C1CCCC(=O)O[C@@H](C)C(=O)/C=C/C(=O)O[C@@H](C)CC(=O)O1. The highest BCUT2D eigenvalue weighted by Gasteiger charge is 2.22. The van der Waals surface area contributed by atoms with Crippen LogP contribution in [0.3, 0.4) is 0 Å². The van der Waals surface area contributed by atoms with Gasteiger partial charge in [0.15, 0.2) is 11.9 Å². The van der Waals surface area contributed by atoms with Crippen molar-refractivity contribution in [2.24, 2.45) is 0 Å². The number of rotatable bonds is 2. The molecule has 2 heterocycles. The first kappa shape index (κ1) is 24.5. The van der Waals surface area contributed by atoms with Crippen molar-refractivity contribution in [2.45, 2.75) is 71.7 Å². The fourth-order valence-corrected chi connectivity index (χ4v) is 3.47. The van der Waals surface area contributed by atoms with Crippen LogP contribution in [0.2, 0.25) is 0 Å². The van der Waals surface area contributed by atoms with Crippen LogP contribution in [0.5, 0.6) is 0 Å². The Kier molecular flexibility index (Phi) is 9.11. The first-order valence-corrected chi connectivity index (χ1v) is 10.9. The lowest BCUT2D eigenvalue weighted by Gasteiger charge is -2.20. The second-order valence-corrected chi connectivity index (χ2v) is 8.43. The van der Waals surface area contributed by atoms with Crippen LogP contribution in [-0.2, 0) is 33.4 Å². The average Bonchev–Trinajstić information content (AvgIpc) is 3.08. The van der Waals surface area contributed by atoms with Gasteiger partial charge in [-0.25, -0.2) is 9.78 Å². The number of hydrogen-bond donors (Lipinski definition) is 0. The molecule has 1 aliphatic rings. The van der Waals surface area contributed by atoms with Crippen LogP contribution in [0.15, 0.2) is 23.1 Å². The lowest BCUT2D eigenvalue weighted by atomic mass is 10.0. The number of carbonyl (C=O) groups is 4. The van der Waals surface area contributed by atoms with Gasteiger partial charge in [-0.1, -0.05) is 0 Å². The average molecular weight is 450 g/mol. The fraction of sp³-hybridized carbons (Fsp3) is 0.500. The van der Waals surface area contributed by atoms with Crippen molar-refractivity contribution < 1.29 is 33.4 Å². The van der Waals surface area contributed by atoms with Crippen molar-refractivity contribution >= 4 is 41.1 Å². The number of cyclic esters (lactones) is 3. The van der Waals surface area contributed by atoms with Gasteiger partial charge in [0.1, 0.15) is 12.2 Å². The minimum atomic E-state index is -1.01. The van der Waals surface area contributed by atoms with Gasteiger partial charge in [0.2, 0.25) is 0 Å². The van der Waals surface area contributed by atoms with Gasteiger partial charge in [-0.15, -0.1) is 11.3 Å². The molecule has 0 fully saturated rings. The third-order valence-electron chi connectivity index (χ3n) is 4.51. The standard InChI is InChI=1S/C22H27NO7S/c1-13(10-17-12-31-16(4)23-17)19-6-5-7-20(25)29-15(3)18(24)8-9-21(26)28-14(2)11-22(27)30-19/h8-10,12,14-15,19H,5-7,11H2,1-4H3/b9-8+,13-10+/t14-,15-,19?/m0/s1. The predicted octanol–water partition coefficient (Wildman–Crippen LogP) is 3.33. The highest BCUT2D eigenvalue weighted by molar-refractivity contribution is 7.09.